The van der Waals surface area contributed by atoms with Crippen molar-refractivity contribution in [1.82, 2.24) is 15.0 Å². The van der Waals surface area contributed by atoms with Gasteiger partial charge in [0.2, 0.25) is 0 Å². The summed E-state index contributed by atoms with van der Waals surface area (Å²) in [6, 6.07) is 5.68. The minimum Gasteiger partial charge on any atom is -0.476 e. The van der Waals surface area contributed by atoms with Crippen molar-refractivity contribution in [1.29, 1.82) is 0 Å². The summed E-state index contributed by atoms with van der Waals surface area (Å²) in [5.41, 5.74) is 0.765. The fourth-order valence-corrected chi connectivity index (χ4v) is 3.17. The van der Waals surface area contributed by atoms with E-state index in [-0.39, 0.29) is 12.2 Å². The molecule has 0 amide bonds. The van der Waals surface area contributed by atoms with E-state index in [2.05, 4.69) is 10.3 Å². The lowest BCUT2D eigenvalue weighted by Gasteiger charge is -2.32. The van der Waals surface area contributed by atoms with Gasteiger partial charge in [0.1, 0.15) is 5.73 Å². The molecular formula is C20H25BFN3O4. The summed E-state index contributed by atoms with van der Waals surface area (Å²) in [5.74, 6) is -1.19. The largest absolute Gasteiger partial charge is 0.525 e. The number of aryl methyl sites for hydroxylation is 2. The molecule has 0 aliphatic carbocycles. The van der Waals surface area contributed by atoms with E-state index in [1.807, 2.05) is 59.7 Å². The van der Waals surface area contributed by atoms with E-state index in [1.165, 1.54) is 10.9 Å². The predicted molar refractivity (Wildman–Crippen MR) is 107 cm³/mol. The summed E-state index contributed by atoms with van der Waals surface area (Å²) in [4.78, 5) is 11.1. The maximum atomic E-state index is 15.7. The molecule has 0 spiro atoms. The Labute approximate surface area is 169 Å². The Kier molecular flexibility index (Phi) is 5.40. The number of carboxylic acids is 1. The molecule has 0 bridgehead atoms. The van der Waals surface area contributed by atoms with Crippen LogP contribution in [0.4, 0.5) is 4.39 Å². The molecule has 1 aliphatic heterocycles. The maximum Gasteiger partial charge on any atom is 0.525 e. The van der Waals surface area contributed by atoms with E-state index in [0.29, 0.717) is 11.1 Å². The number of rotatable bonds is 5. The van der Waals surface area contributed by atoms with Crippen LogP contribution in [-0.4, -0.2) is 44.4 Å². The fraction of sp³-hybridized carbons (Fsp3) is 0.450. The molecule has 1 aromatic carbocycles. The summed E-state index contributed by atoms with van der Waals surface area (Å²) < 4.78 is 28.8. The van der Waals surface area contributed by atoms with E-state index in [4.69, 9.17) is 14.4 Å². The van der Waals surface area contributed by atoms with Gasteiger partial charge in [-0.15, -0.1) is 5.10 Å². The summed E-state index contributed by atoms with van der Waals surface area (Å²) >= 11 is 0. The van der Waals surface area contributed by atoms with Crippen LogP contribution in [0.3, 0.4) is 0 Å². The van der Waals surface area contributed by atoms with Gasteiger partial charge >= 0.3 is 13.1 Å². The molecule has 154 valence electrons. The first kappa shape index (κ1) is 21.2. The quantitative estimate of drug-likeness (QED) is 0.771. The molecule has 1 fully saturated rings. The second-order valence-corrected chi connectivity index (χ2v) is 8.34. The molecule has 9 heteroatoms. The average Bonchev–Trinajstić information content (AvgIpc) is 3.15. The zero-order valence-corrected chi connectivity index (χ0v) is 17.5. The van der Waals surface area contributed by atoms with Crippen LogP contribution in [0.5, 0.6) is 0 Å². The van der Waals surface area contributed by atoms with Crippen LogP contribution in [0, 0.1) is 13.8 Å². The molecule has 1 aliphatic rings. The first-order valence-corrected chi connectivity index (χ1v) is 9.36. The van der Waals surface area contributed by atoms with Crippen molar-refractivity contribution < 1.29 is 23.6 Å². The smallest absolute Gasteiger partial charge is 0.476 e. The molecule has 29 heavy (non-hydrogen) atoms. The molecule has 0 radical (unpaired) electrons. The summed E-state index contributed by atoms with van der Waals surface area (Å²) in [7, 11) is -1.17. The first-order chi connectivity index (χ1) is 13.4. The van der Waals surface area contributed by atoms with E-state index >= 15 is 4.39 Å². The summed E-state index contributed by atoms with van der Waals surface area (Å²) in [6.07, 6.45) is 1.27. The third kappa shape index (κ3) is 4.11. The highest BCUT2D eigenvalue weighted by Crippen LogP contribution is 2.40. The van der Waals surface area contributed by atoms with E-state index in [0.717, 1.165) is 11.1 Å². The Hall–Kier alpha value is -2.52. The van der Waals surface area contributed by atoms with E-state index in [9.17, 15) is 4.79 Å². The minimum atomic E-state index is -1.19. The third-order valence-electron chi connectivity index (χ3n) is 5.53. The Balaban J connectivity index is 2.06. The van der Waals surface area contributed by atoms with Crippen molar-refractivity contribution in [2.24, 2.45) is 0 Å². The van der Waals surface area contributed by atoms with Crippen molar-refractivity contribution in [2.45, 2.75) is 59.3 Å². The molecule has 3 rings (SSSR count). The number of hydrogen-bond acceptors (Lipinski definition) is 5. The predicted octanol–water partition coefficient (Wildman–Crippen LogP) is 3.61. The molecule has 1 N–H and O–H groups in total. The highest BCUT2D eigenvalue weighted by molar-refractivity contribution is 6.55. The molecule has 2 heterocycles. The maximum absolute atomic E-state index is 15.7. The number of aromatic carboxylic acids is 1. The third-order valence-corrected chi connectivity index (χ3v) is 5.53. The standard InChI is InChI=1S/C20H25BFN3O4/c1-12-7-8-14(13(2)9-12)15(10-25-11-16(18(26)27)23-24-25)17(22)21-28-19(3,4)20(5,6)29-21/h7-9,11H,10H2,1-6H3,(H,26,27). The van der Waals surface area contributed by atoms with Gasteiger partial charge in [-0.3, -0.25) is 0 Å². The Morgan fingerprint density at radius 3 is 2.34 bits per heavy atom. The van der Waals surface area contributed by atoms with Gasteiger partial charge in [-0.1, -0.05) is 29.0 Å². The highest BCUT2D eigenvalue weighted by Gasteiger charge is 2.53. The number of benzene rings is 1. The van der Waals surface area contributed by atoms with Gasteiger partial charge in [-0.05, 0) is 52.7 Å². The lowest BCUT2D eigenvalue weighted by atomic mass is 9.81. The molecule has 0 atom stereocenters. The van der Waals surface area contributed by atoms with E-state index in [1.54, 1.807) is 0 Å². The fourth-order valence-electron chi connectivity index (χ4n) is 3.17. The Morgan fingerprint density at radius 1 is 1.21 bits per heavy atom. The van der Waals surface area contributed by atoms with Gasteiger partial charge < -0.3 is 14.4 Å². The van der Waals surface area contributed by atoms with Gasteiger partial charge in [0.05, 0.1) is 23.9 Å². The number of allylic oxidation sites excluding steroid dienone is 1. The van der Waals surface area contributed by atoms with Gasteiger partial charge in [0, 0.05) is 5.57 Å². The second-order valence-electron chi connectivity index (χ2n) is 8.34. The first-order valence-electron chi connectivity index (χ1n) is 9.36. The van der Waals surface area contributed by atoms with Gasteiger partial charge in [-0.25, -0.2) is 13.9 Å². The average molecular weight is 401 g/mol. The van der Waals surface area contributed by atoms with Crippen LogP contribution < -0.4 is 0 Å². The molecule has 0 unspecified atom stereocenters. The Bertz CT molecular complexity index is 968. The van der Waals surface area contributed by atoms with Crippen LogP contribution >= 0.6 is 0 Å². The number of hydrogen-bond donors (Lipinski definition) is 1. The monoisotopic (exact) mass is 401 g/mol. The number of aromatic nitrogens is 3. The molecule has 1 saturated heterocycles. The molecule has 7 nitrogen and oxygen atoms in total. The van der Waals surface area contributed by atoms with Gasteiger partial charge in [0.25, 0.3) is 0 Å². The van der Waals surface area contributed by atoms with Crippen LogP contribution in [0.1, 0.15) is 54.9 Å². The van der Waals surface area contributed by atoms with Crippen LogP contribution in [0.15, 0.2) is 30.1 Å². The van der Waals surface area contributed by atoms with E-state index < -0.39 is 30.0 Å². The molecular weight excluding hydrogens is 376 g/mol. The molecule has 2 aromatic rings. The number of halogens is 1. The van der Waals surface area contributed by atoms with Gasteiger partial charge in [0.15, 0.2) is 5.69 Å². The summed E-state index contributed by atoms with van der Waals surface area (Å²) in [5, 5.41) is 16.5. The molecule has 1 aromatic heterocycles. The van der Waals surface area contributed by atoms with Crippen molar-refractivity contribution >= 4 is 18.7 Å². The lowest BCUT2D eigenvalue weighted by Crippen LogP contribution is -2.41. The Morgan fingerprint density at radius 2 is 1.83 bits per heavy atom. The minimum absolute atomic E-state index is 0.0138. The number of nitrogens with zero attached hydrogens (tertiary/aromatic N) is 3. The van der Waals surface area contributed by atoms with Gasteiger partial charge in [-0.2, -0.15) is 0 Å². The van der Waals surface area contributed by atoms with Crippen LogP contribution in [0.2, 0.25) is 0 Å². The van der Waals surface area contributed by atoms with Crippen molar-refractivity contribution in [3.8, 4) is 0 Å². The van der Waals surface area contributed by atoms with Crippen molar-refractivity contribution in [3.63, 3.8) is 0 Å². The number of carboxylic acid groups (broad SMARTS) is 1. The van der Waals surface area contributed by atoms with Crippen molar-refractivity contribution in [3.05, 3.63) is 52.5 Å². The summed E-state index contributed by atoms with van der Waals surface area (Å²) in [6.45, 7) is 11.3. The van der Waals surface area contributed by atoms with Crippen LogP contribution in [0.25, 0.3) is 5.57 Å². The normalized spacial score (nSPS) is 18.7. The number of carbonyl (C=O) groups is 1. The van der Waals surface area contributed by atoms with Crippen LogP contribution in [-0.2, 0) is 15.9 Å². The second kappa shape index (κ2) is 7.38. The zero-order chi connectivity index (χ0) is 21.6. The topological polar surface area (TPSA) is 86.5 Å². The highest BCUT2D eigenvalue weighted by atomic mass is 19.1. The zero-order valence-electron chi connectivity index (χ0n) is 17.5. The van der Waals surface area contributed by atoms with Crippen molar-refractivity contribution in [2.75, 3.05) is 0 Å². The molecule has 0 saturated carbocycles. The lowest BCUT2D eigenvalue weighted by molar-refractivity contribution is 0.00578. The SMILES string of the molecule is Cc1ccc(C(Cn2cc(C(=O)O)nn2)=C(F)B2OC(C)(C)C(C)(C)O2)c(C)c1.